The predicted octanol–water partition coefficient (Wildman–Crippen LogP) is 2.19. The molecule has 0 saturated carbocycles. The maximum absolute atomic E-state index is 8.77. The van der Waals surface area contributed by atoms with Gasteiger partial charge in [0.2, 0.25) is 0 Å². The maximum Gasteiger partial charge on any atom is 0.102 e. The Kier molecular flexibility index (Phi) is 4.41. The van der Waals surface area contributed by atoms with Gasteiger partial charge >= 0.3 is 0 Å². The van der Waals surface area contributed by atoms with E-state index in [-0.39, 0.29) is 6.61 Å². The van der Waals surface area contributed by atoms with Gasteiger partial charge in [0.15, 0.2) is 0 Å². The number of nitrogens with zero attached hydrogens (tertiary/aromatic N) is 3. The topological polar surface area (TPSA) is 63.0 Å². The molecule has 0 saturated heterocycles. The van der Waals surface area contributed by atoms with Gasteiger partial charge in [0, 0.05) is 0 Å². The molecule has 0 fully saturated rings. The molecule has 0 aliphatic heterocycles. The van der Waals surface area contributed by atoms with Crippen LogP contribution in [0.2, 0.25) is 10.0 Å². The summed E-state index contributed by atoms with van der Waals surface area (Å²) in [5.74, 6) is 0. The molecular formula is C11H12Cl2N4O. The highest BCUT2D eigenvalue weighted by atomic mass is 35.5. The lowest BCUT2D eigenvalue weighted by molar-refractivity contribution is 0.268. The van der Waals surface area contributed by atoms with E-state index >= 15 is 0 Å². The number of hydrogen-bond donors (Lipinski definition) is 2. The smallest absolute Gasteiger partial charge is 0.102 e. The lowest BCUT2D eigenvalue weighted by Gasteiger charge is -2.08. The zero-order valence-corrected chi connectivity index (χ0v) is 11.0. The third-order valence-electron chi connectivity index (χ3n) is 2.32. The highest BCUT2D eigenvalue weighted by Gasteiger charge is 2.06. The fraction of sp³-hybridized carbons (Fsp3) is 0.273. The number of nitrogens with one attached hydrogen (secondary N) is 1. The highest BCUT2D eigenvalue weighted by molar-refractivity contribution is 6.39. The van der Waals surface area contributed by atoms with Crippen molar-refractivity contribution >= 4 is 28.9 Å². The van der Waals surface area contributed by atoms with Gasteiger partial charge in [-0.1, -0.05) is 34.5 Å². The van der Waals surface area contributed by atoms with Crippen LogP contribution in [0.15, 0.2) is 24.4 Å². The predicted molar refractivity (Wildman–Crippen MR) is 70.9 cm³/mol. The normalized spacial score (nSPS) is 10.6. The first-order valence-corrected chi connectivity index (χ1v) is 6.14. The molecule has 0 bridgehead atoms. The Bertz CT molecular complexity index is 509. The van der Waals surface area contributed by atoms with E-state index in [1.54, 1.807) is 29.1 Å². The molecule has 0 aliphatic carbocycles. The monoisotopic (exact) mass is 286 g/mol. The Labute approximate surface area is 114 Å². The average molecular weight is 287 g/mol. The Hall–Kier alpha value is -1.30. The van der Waals surface area contributed by atoms with Gasteiger partial charge in [0.25, 0.3) is 0 Å². The van der Waals surface area contributed by atoms with Crippen molar-refractivity contribution in [2.75, 3.05) is 11.9 Å². The van der Waals surface area contributed by atoms with Crippen molar-refractivity contribution < 1.29 is 5.11 Å². The molecule has 5 nitrogen and oxygen atoms in total. The lowest BCUT2D eigenvalue weighted by Crippen LogP contribution is -2.02. The summed E-state index contributed by atoms with van der Waals surface area (Å²) < 4.78 is 1.57. The van der Waals surface area contributed by atoms with Crippen LogP contribution in [0.1, 0.15) is 5.69 Å². The Morgan fingerprint density at radius 2 is 2.00 bits per heavy atom. The average Bonchev–Trinajstić information content (AvgIpc) is 2.77. The molecular weight excluding hydrogens is 275 g/mol. The summed E-state index contributed by atoms with van der Waals surface area (Å²) in [6.45, 7) is 0.932. The number of aromatic nitrogens is 3. The summed E-state index contributed by atoms with van der Waals surface area (Å²) in [5, 5.41) is 20.8. The second-order valence-electron chi connectivity index (χ2n) is 3.65. The molecule has 0 spiro atoms. The third kappa shape index (κ3) is 3.13. The van der Waals surface area contributed by atoms with Crippen LogP contribution in [0, 0.1) is 0 Å². The first-order valence-electron chi connectivity index (χ1n) is 5.38. The van der Waals surface area contributed by atoms with E-state index in [1.165, 1.54) is 0 Å². The summed E-state index contributed by atoms with van der Waals surface area (Å²) in [7, 11) is 0. The van der Waals surface area contributed by atoms with Crippen molar-refractivity contribution in [3.63, 3.8) is 0 Å². The van der Waals surface area contributed by atoms with Crippen LogP contribution in [-0.4, -0.2) is 26.7 Å². The molecule has 1 aromatic heterocycles. The number of para-hydroxylation sites is 1. The van der Waals surface area contributed by atoms with Crippen molar-refractivity contribution in [3.05, 3.63) is 40.1 Å². The quantitative estimate of drug-likeness (QED) is 0.885. The number of rotatable bonds is 5. The van der Waals surface area contributed by atoms with Gasteiger partial charge in [-0.05, 0) is 12.1 Å². The minimum Gasteiger partial charge on any atom is -0.394 e. The Morgan fingerprint density at radius 1 is 1.28 bits per heavy atom. The van der Waals surface area contributed by atoms with Crippen LogP contribution in [0.5, 0.6) is 0 Å². The Morgan fingerprint density at radius 3 is 2.67 bits per heavy atom. The molecule has 0 amide bonds. The molecule has 18 heavy (non-hydrogen) atoms. The zero-order chi connectivity index (χ0) is 13.0. The molecule has 7 heteroatoms. The number of halogens is 2. The Balaban J connectivity index is 2.02. The summed E-state index contributed by atoms with van der Waals surface area (Å²) in [6.07, 6.45) is 1.76. The van der Waals surface area contributed by atoms with Crippen LogP contribution < -0.4 is 5.32 Å². The molecule has 0 unspecified atom stereocenters. The van der Waals surface area contributed by atoms with E-state index in [1.807, 2.05) is 0 Å². The van der Waals surface area contributed by atoms with Gasteiger partial charge in [-0.2, -0.15) is 0 Å². The van der Waals surface area contributed by atoms with E-state index in [9.17, 15) is 0 Å². The van der Waals surface area contributed by atoms with Gasteiger partial charge in [-0.15, -0.1) is 5.10 Å². The highest BCUT2D eigenvalue weighted by Crippen LogP contribution is 2.29. The zero-order valence-electron chi connectivity index (χ0n) is 9.48. The van der Waals surface area contributed by atoms with Gasteiger partial charge in [0.1, 0.15) is 5.69 Å². The van der Waals surface area contributed by atoms with Crippen molar-refractivity contribution in [3.8, 4) is 0 Å². The minimum atomic E-state index is 0.0343. The number of hydrogen-bond acceptors (Lipinski definition) is 4. The summed E-state index contributed by atoms with van der Waals surface area (Å²) in [5.41, 5.74) is 1.43. The van der Waals surface area contributed by atoms with Crippen LogP contribution in [0.25, 0.3) is 0 Å². The van der Waals surface area contributed by atoms with Crippen LogP contribution in [0.3, 0.4) is 0 Å². The standard InChI is InChI=1S/C11H12Cl2N4O/c12-9-2-1-3-10(13)11(9)14-6-8-7-17(4-5-18)16-15-8/h1-3,7,14,18H,4-6H2. The number of aliphatic hydroxyl groups is 1. The van der Waals surface area contributed by atoms with E-state index < -0.39 is 0 Å². The number of benzene rings is 1. The number of anilines is 1. The molecule has 0 atom stereocenters. The molecule has 1 aromatic carbocycles. The van der Waals surface area contributed by atoms with Crippen molar-refractivity contribution in [2.24, 2.45) is 0 Å². The van der Waals surface area contributed by atoms with E-state index in [0.29, 0.717) is 28.8 Å². The second-order valence-corrected chi connectivity index (χ2v) is 4.46. The van der Waals surface area contributed by atoms with Gasteiger partial charge in [-0.3, -0.25) is 0 Å². The van der Waals surface area contributed by atoms with Gasteiger partial charge < -0.3 is 10.4 Å². The van der Waals surface area contributed by atoms with Crippen molar-refractivity contribution in [1.29, 1.82) is 0 Å². The third-order valence-corrected chi connectivity index (χ3v) is 2.95. The first kappa shape index (κ1) is 13.1. The SMILES string of the molecule is OCCn1cc(CNc2c(Cl)cccc2Cl)nn1. The minimum absolute atomic E-state index is 0.0343. The fourth-order valence-corrected chi connectivity index (χ4v) is 2.01. The summed E-state index contributed by atoms with van der Waals surface area (Å²) in [4.78, 5) is 0. The maximum atomic E-state index is 8.77. The second kappa shape index (κ2) is 6.04. The van der Waals surface area contributed by atoms with E-state index in [2.05, 4.69) is 15.6 Å². The van der Waals surface area contributed by atoms with Gasteiger partial charge in [-0.25, -0.2) is 4.68 Å². The van der Waals surface area contributed by atoms with Gasteiger partial charge in [0.05, 0.1) is 41.6 Å². The fourth-order valence-electron chi connectivity index (χ4n) is 1.48. The molecule has 0 aliphatic rings. The lowest BCUT2D eigenvalue weighted by atomic mass is 10.3. The molecule has 2 aromatic rings. The molecule has 0 radical (unpaired) electrons. The van der Waals surface area contributed by atoms with Crippen LogP contribution >= 0.6 is 23.2 Å². The molecule has 96 valence electrons. The summed E-state index contributed by atoms with van der Waals surface area (Å²) >= 11 is 12.1. The molecule has 2 N–H and O–H groups in total. The van der Waals surface area contributed by atoms with Crippen molar-refractivity contribution in [2.45, 2.75) is 13.1 Å². The largest absolute Gasteiger partial charge is 0.394 e. The molecule has 2 rings (SSSR count). The van der Waals surface area contributed by atoms with Crippen LogP contribution in [-0.2, 0) is 13.1 Å². The molecule has 1 heterocycles. The number of aliphatic hydroxyl groups excluding tert-OH is 1. The van der Waals surface area contributed by atoms with E-state index in [0.717, 1.165) is 5.69 Å². The summed E-state index contributed by atoms with van der Waals surface area (Å²) in [6, 6.07) is 5.31. The first-order chi connectivity index (χ1) is 8.70. The van der Waals surface area contributed by atoms with Crippen LogP contribution in [0.4, 0.5) is 5.69 Å². The van der Waals surface area contributed by atoms with Crippen molar-refractivity contribution in [1.82, 2.24) is 15.0 Å². The van der Waals surface area contributed by atoms with E-state index in [4.69, 9.17) is 28.3 Å².